The van der Waals surface area contributed by atoms with Crippen molar-refractivity contribution in [1.82, 2.24) is 10.2 Å². The molecule has 2 amide bonds. The van der Waals surface area contributed by atoms with E-state index in [-0.39, 0.29) is 12.5 Å². The van der Waals surface area contributed by atoms with Gasteiger partial charge in [-0.05, 0) is 38.5 Å². The summed E-state index contributed by atoms with van der Waals surface area (Å²) in [6.07, 6.45) is -1.21. The second-order valence-electron chi connectivity index (χ2n) is 5.76. The Morgan fingerprint density at radius 3 is 2.15 bits per heavy atom. The average Bonchev–Trinajstić information content (AvgIpc) is 2.67. The maximum Gasteiger partial charge on any atom is 0.407 e. The van der Waals surface area contributed by atoms with Crippen molar-refractivity contribution < 1.29 is 28.5 Å². The molecule has 0 spiro atoms. The molecular weight excluding hydrogens is 352 g/mol. The first-order chi connectivity index (χ1) is 12.9. The van der Waals surface area contributed by atoms with Gasteiger partial charge in [-0.3, -0.25) is 4.79 Å². The van der Waals surface area contributed by atoms with Gasteiger partial charge in [-0.2, -0.15) is 0 Å². The summed E-state index contributed by atoms with van der Waals surface area (Å²) in [7, 11) is 2.85. The number of amides is 2. The van der Waals surface area contributed by atoms with Crippen LogP contribution in [0.2, 0.25) is 0 Å². The first-order valence-electron chi connectivity index (χ1n) is 8.94. The molecule has 0 bridgehead atoms. The molecular formula is C19H30N2O6. The zero-order valence-electron chi connectivity index (χ0n) is 16.7. The number of carbonyl (C=O) groups is 2. The third kappa shape index (κ3) is 7.84. The topological polar surface area (TPSA) is 86.3 Å². The van der Waals surface area contributed by atoms with Gasteiger partial charge in [0.2, 0.25) is 5.91 Å². The Morgan fingerprint density at radius 2 is 1.67 bits per heavy atom. The molecule has 0 aliphatic heterocycles. The lowest BCUT2D eigenvalue weighted by Gasteiger charge is -2.29. The Hall–Kier alpha value is -2.32. The highest BCUT2D eigenvalue weighted by Gasteiger charge is 2.25. The van der Waals surface area contributed by atoms with Gasteiger partial charge in [0.25, 0.3) is 0 Å². The van der Waals surface area contributed by atoms with E-state index in [1.54, 1.807) is 18.9 Å². The van der Waals surface area contributed by atoms with Crippen LogP contribution in [0.1, 0.15) is 26.3 Å². The number of rotatable bonds is 11. The average molecular weight is 382 g/mol. The van der Waals surface area contributed by atoms with Gasteiger partial charge in [-0.1, -0.05) is 12.1 Å². The van der Waals surface area contributed by atoms with Crippen LogP contribution in [0.15, 0.2) is 24.3 Å². The fourth-order valence-corrected chi connectivity index (χ4v) is 2.46. The van der Waals surface area contributed by atoms with Crippen molar-refractivity contribution in [3.63, 3.8) is 0 Å². The second-order valence-corrected chi connectivity index (χ2v) is 5.76. The maximum absolute atomic E-state index is 12.9. The van der Waals surface area contributed by atoms with Crippen molar-refractivity contribution in [1.29, 1.82) is 0 Å². The van der Waals surface area contributed by atoms with Gasteiger partial charge in [0.15, 0.2) is 6.29 Å². The molecule has 1 aromatic carbocycles. The van der Waals surface area contributed by atoms with Gasteiger partial charge in [0, 0.05) is 19.8 Å². The fraction of sp³-hybridized carbons (Fsp3) is 0.579. The minimum absolute atomic E-state index is 0.236. The second kappa shape index (κ2) is 12.1. The molecule has 1 N–H and O–H groups in total. The largest absolute Gasteiger partial charge is 0.497 e. The minimum Gasteiger partial charge on any atom is -0.497 e. The molecule has 0 heterocycles. The molecule has 8 heteroatoms. The summed E-state index contributed by atoms with van der Waals surface area (Å²) in [6.45, 7) is 6.84. The van der Waals surface area contributed by atoms with E-state index in [2.05, 4.69) is 10.1 Å². The van der Waals surface area contributed by atoms with Crippen LogP contribution in [0.4, 0.5) is 4.79 Å². The molecule has 0 aromatic heterocycles. The summed E-state index contributed by atoms with van der Waals surface area (Å²) >= 11 is 0. The quantitative estimate of drug-likeness (QED) is 0.590. The van der Waals surface area contributed by atoms with E-state index in [0.29, 0.717) is 19.8 Å². The van der Waals surface area contributed by atoms with E-state index in [0.717, 1.165) is 11.3 Å². The third-order valence-electron chi connectivity index (χ3n) is 3.81. The Kier molecular flexibility index (Phi) is 10.2. The Balaban J connectivity index is 2.94. The van der Waals surface area contributed by atoms with Crippen LogP contribution in [0, 0.1) is 0 Å². The van der Waals surface area contributed by atoms with E-state index in [4.69, 9.17) is 14.2 Å². The van der Waals surface area contributed by atoms with E-state index >= 15 is 0 Å². The molecule has 0 saturated carbocycles. The molecule has 0 radical (unpaired) electrons. The van der Waals surface area contributed by atoms with E-state index in [9.17, 15) is 9.59 Å². The molecule has 0 saturated heterocycles. The number of nitrogens with one attached hydrogen (secondary N) is 1. The highest BCUT2D eigenvalue weighted by molar-refractivity contribution is 5.85. The summed E-state index contributed by atoms with van der Waals surface area (Å²) < 4.78 is 20.9. The number of alkyl carbamates (subject to hydrolysis) is 1. The van der Waals surface area contributed by atoms with Crippen molar-refractivity contribution in [2.75, 3.05) is 34.0 Å². The standard InChI is InChI=1S/C19H30N2O6/c1-6-26-17(27-7-2)13-21(18(22)14(3)20-19(23)25-5)12-15-8-10-16(24-4)11-9-15/h8-11,14,17H,6-7,12-13H2,1-5H3,(H,20,23). The molecule has 152 valence electrons. The highest BCUT2D eigenvalue weighted by Crippen LogP contribution is 2.14. The zero-order valence-corrected chi connectivity index (χ0v) is 16.7. The first-order valence-corrected chi connectivity index (χ1v) is 8.94. The van der Waals surface area contributed by atoms with Crippen molar-refractivity contribution in [2.24, 2.45) is 0 Å². The van der Waals surface area contributed by atoms with E-state index in [1.807, 2.05) is 38.1 Å². The molecule has 27 heavy (non-hydrogen) atoms. The van der Waals surface area contributed by atoms with Gasteiger partial charge < -0.3 is 29.2 Å². The lowest BCUT2D eigenvalue weighted by atomic mass is 10.2. The van der Waals surface area contributed by atoms with Crippen LogP contribution >= 0.6 is 0 Å². The Bertz CT molecular complexity index is 572. The van der Waals surface area contributed by atoms with Gasteiger partial charge in [-0.25, -0.2) is 4.79 Å². The molecule has 1 atom stereocenters. The van der Waals surface area contributed by atoms with Crippen LogP contribution < -0.4 is 10.1 Å². The molecule has 0 aliphatic carbocycles. The molecule has 1 aromatic rings. The first kappa shape index (κ1) is 22.7. The lowest BCUT2D eigenvalue weighted by Crippen LogP contribution is -2.49. The summed E-state index contributed by atoms with van der Waals surface area (Å²) in [6, 6.07) is 6.68. The zero-order chi connectivity index (χ0) is 20.2. The van der Waals surface area contributed by atoms with Crippen molar-refractivity contribution >= 4 is 12.0 Å². The van der Waals surface area contributed by atoms with Crippen molar-refractivity contribution in [2.45, 2.75) is 39.6 Å². The van der Waals surface area contributed by atoms with Crippen LogP contribution in [0.3, 0.4) is 0 Å². The van der Waals surface area contributed by atoms with E-state index < -0.39 is 18.4 Å². The third-order valence-corrected chi connectivity index (χ3v) is 3.81. The van der Waals surface area contributed by atoms with Gasteiger partial charge in [0.05, 0.1) is 20.8 Å². The summed E-state index contributed by atoms with van der Waals surface area (Å²) in [4.78, 5) is 25.9. The van der Waals surface area contributed by atoms with Crippen molar-refractivity contribution in [3.05, 3.63) is 29.8 Å². The smallest absolute Gasteiger partial charge is 0.407 e. The Morgan fingerprint density at radius 1 is 1.07 bits per heavy atom. The van der Waals surface area contributed by atoms with Crippen LogP contribution in [0.25, 0.3) is 0 Å². The molecule has 0 aliphatic rings. The number of benzene rings is 1. The minimum atomic E-state index is -0.750. The number of hydrogen-bond donors (Lipinski definition) is 1. The molecule has 1 rings (SSSR count). The number of nitrogens with zero attached hydrogens (tertiary/aromatic N) is 1. The van der Waals surface area contributed by atoms with E-state index in [1.165, 1.54) is 7.11 Å². The maximum atomic E-state index is 12.9. The number of hydrogen-bond acceptors (Lipinski definition) is 6. The molecule has 8 nitrogen and oxygen atoms in total. The summed E-state index contributed by atoms with van der Waals surface area (Å²) in [5, 5.41) is 2.50. The lowest BCUT2D eigenvalue weighted by molar-refractivity contribution is -0.160. The number of carbonyl (C=O) groups excluding carboxylic acids is 2. The predicted octanol–water partition coefficient (Wildman–Crippen LogP) is 2.17. The van der Waals surface area contributed by atoms with Crippen LogP contribution in [-0.4, -0.2) is 63.2 Å². The van der Waals surface area contributed by atoms with Crippen LogP contribution in [0.5, 0.6) is 5.75 Å². The van der Waals surface area contributed by atoms with Crippen LogP contribution in [-0.2, 0) is 25.5 Å². The number of methoxy groups -OCH3 is 2. The summed E-state index contributed by atoms with van der Waals surface area (Å²) in [5.74, 6) is 0.472. The monoisotopic (exact) mass is 382 g/mol. The molecule has 1 unspecified atom stereocenters. The molecule has 0 fully saturated rings. The van der Waals surface area contributed by atoms with Gasteiger partial charge >= 0.3 is 6.09 Å². The SMILES string of the molecule is CCOC(CN(Cc1ccc(OC)cc1)C(=O)C(C)NC(=O)OC)OCC. The Labute approximate surface area is 160 Å². The number of ether oxygens (including phenoxy) is 4. The predicted molar refractivity (Wildman–Crippen MR) is 100 cm³/mol. The van der Waals surface area contributed by atoms with Crippen molar-refractivity contribution in [3.8, 4) is 5.75 Å². The fourth-order valence-electron chi connectivity index (χ4n) is 2.46. The normalized spacial score (nSPS) is 11.8. The highest BCUT2D eigenvalue weighted by atomic mass is 16.7. The van der Waals surface area contributed by atoms with Gasteiger partial charge in [0.1, 0.15) is 11.8 Å². The van der Waals surface area contributed by atoms with Gasteiger partial charge in [-0.15, -0.1) is 0 Å². The summed E-state index contributed by atoms with van der Waals surface area (Å²) in [5.41, 5.74) is 0.918.